The van der Waals surface area contributed by atoms with Gasteiger partial charge in [0.1, 0.15) is 16.7 Å². The van der Waals surface area contributed by atoms with Crippen molar-refractivity contribution in [3.05, 3.63) is 62.5 Å². The number of methoxy groups -OCH3 is 1. The van der Waals surface area contributed by atoms with E-state index in [4.69, 9.17) is 37.7 Å². The van der Waals surface area contributed by atoms with E-state index in [-0.39, 0.29) is 0 Å². The van der Waals surface area contributed by atoms with E-state index in [0.29, 0.717) is 22.4 Å². The van der Waals surface area contributed by atoms with Crippen LogP contribution in [-0.2, 0) is 19.1 Å². The number of thiophene rings is 1. The van der Waals surface area contributed by atoms with E-state index in [1.54, 1.807) is 23.5 Å². The molecule has 11 heteroatoms. The lowest BCUT2D eigenvalue weighted by molar-refractivity contribution is -0.166. The third-order valence-corrected chi connectivity index (χ3v) is 7.06. The van der Waals surface area contributed by atoms with Gasteiger partial charge in [0.05, 0.1) is 12.8 Å². The maximum Gasteiger partial charge on any atom is 0.349 e. The first-order chi connectivity index (χ1) is 15.8. The summed E-state index contributed by atoms with van der Waals surface area (Å²) in [6.07, 6.45) is -1.40. The zero-order chi connectivity index (χ0) is 23.9. The zero-order valence-corrected chi connectivity index (χ0v) is 20.6. The first-order valence-electron chi connectivity index (χ1n) is 9.96. The zero-order valence-electron chi connectivity index (χ0n) is 18.3. The van der Waals surface area contributed by atoms with Crippen LogP contribution in [0.2, 0.25) is 5.02 Å². The lowest BCUT2D eigenvalue weighted by Gasteiger charge is -2.21. The number of aliphatic imine (C=N–C) groups is 1. The van der Waals surface area contributed by atoms with E-state index >= 15 is 0 Å². The molecule has 0 saturated carbocycles. The van der Waals surface area contributed by atoms with Gasteiger partial charge in [0.25, 0.3) is 0 Å². The average Bonchev–Trinajstić information content (AvgIpc) is 3.27. The molecule has 0 saturated heterocycles. The Kier molecular flexibility index (Phi) is 6.56. The number of benzene rings is 1. The van der Waals surface area contributed by atoms with Gasteiger partial charge in [-0.15, -0.1) is 33.1 Å². The molecule has 8 nitrogen and oxygen atoms in total. The SMILES string of the molecule is COC(=O)C(OC(=O)CCl)C1N=C(c2ccc(Cl)cc2)c2c(sc(C)c2C)-n2c(C)nnc21. The second kappa shape index (κ2) is 9.24. The molecule has 33 heavy (non-hydrogen) atoms. The Morgan fingerprint density at radius 3 is 2.52 bits per heavy atom. The number of ether oxygens (including phenoxy) is 2. The summed E-state index contributed by atoms with van der Waals surface area (Å²) in [5.74, 6) is -1.01. The van der Waals surface area contributed by atoms with Gasteiger partial charge in [0.15, 0.2) is 11.9 Å². The molecule has 0 spiro atoms. The highest BCUT2D eigenvalue weighted by Crippen LogP contribution is 2.40. The van der Waals surface area contributed by atoms with E-state index in [2.05, 4.69) is 10.2 Å². The largest absolute Gasteiger partial charge is 0.466 e. The van der Waals surface area contributed by atoms with Crippen LogP contribution in [0.1, 0.15) is 39.3 Å². The minimum Gasteiger partial charge on any atom is -0.466 e. The van der Waals surface area contributed by atoms with Crippen LogP contribution in [0.4, 0.5) is 0 Å². The van der Waals surface area contributed by atoms with Crippen LogP contribution in [-0.4, -0.2) is 51.5 Å². The maximum atomic E-state index is 12.7. The fourth-order valence-corrected chi connectivity index (χ4v) is 5.09. The summed E-state index contributed by atoms with van der Waals surface area (Å²) in [5, 5.41) is 9.98. The van der Waals surface area contributed by atoms with Gasteiger partial charge in [-0.2, -0.15) is 0 Å². The van der Waals surface area contributed by atoms with E-state index in [0.717, 1.165) is 26.6 Å². The highest BCUT2D eigenvalue weighted by molar-refractivity contribution is 7.15. The van der Waals surface area contributed by atoms with Gasteiger partial charge in [-0.1, -0.05) is 23.7 Å². The second-order valence-corrected chi connectivity index (χ2v) is 9.31. The van der Waals surface area contributed by atoms with Gasteiger partial charge >= 0.3 is 11.9 Å². The summed E-state index contributed by atoms with van der Waals surface area (Å²) in [7, 11) is 1.21. The topological polar surface area (TPSA) is 95.7 Å². The Morgan fingerprint density at radius 2 is 1.88 bits per heavy atom. The van der Waals surface area contributed by atoms with E-state index in [1.807, 2.05) is 37.5 Å². The Hall–Kier alpha value is -2.75. The molecule has 2 atom stereocenters. The summed E-state index contributed by atoms with van der Waals surface area (Å²) in [5.41, 5.74) is 3.33. The molecular weight excluding hydrogens is 487 g/mol. The average molecular weight is 507 g/mol. The standard InChI is InChI=1S/C22H20Cl2N4O4S/c1-10-11(2)33-21-16(10)17(13-5-7-14(24)8-6-13)25-18(20-27-26-12(3)28(20)21)19(22(30)31-4)32-15(29)9-23/h5-8,18-19H,9H2,1-4H3. The highest BCUT2D eigenvalue weighted by Gasteiger charge is 2.41. The fourth-order valence-electron chi connectivity index (χ4n) is 3.69. The van der Waals surface area contributed by atoms with Gasteiger partial charge in [0, 0.05) is 21.0 Å². The summed E-state index contributed by atoms with van der Waals surface area (Å²) in [6.45, 7) is 5.86. The van der Waals surface area contributed by atoms with Crippen molar-refractivity contribution in [3.63, 3.8) is 0 Å². The van der Waals surface area contributed by atoms with Crippen molar-refractivity contribution in [2.24, 2.45) is 4.99 Å². The Balaban J connectivity index is 2.02. The van der Waals surface area contributed by atoms with Crippen LogP contribution in [0.5, 0.6) is 0 Å². The number of carbonyl (C=O) groups is 2. The van der Waals surface area contributed by atoms with Crippen LogP contribution in [0.3, 0.4) is 0 Å². The van der Waals surface area contributed by atoms with Crippen molar-refractivity contribution in [2.75, 3.05) is 13.0 Å². The van der Waals surface area contributed by atoms with Crippen LogP contribution < -0.4 is 0 Å². The number of aromatic nitrogens is 3. The number of halogens is 2. The van der Waals surface area contributed by atoms with Gasteiger partial charge in [-0.05, 0) is 38.5 Å². The molecule has 1 aliphatic heterocycles. The fraction of sp³-hybridized carbons (Fsp3) is 0.318. The molecule has 2 aromatic heterocycles. The van der Waals surface area contributed by atoms with E-state index in [9.17, 15) is 9.59 Å². The minimum absolute atomic E-state index is 0.358. The molecular formula is C22H20Cl2N4O4S. The van der Waals surface area contributed by atoms with Gasteiger partial charge in [-0.3, -0.25) is 14.4 Å². The summed E-state index contributed by atoms with van der Waals surface area (Å²) < 4.78 is 12.2. The summed E-state index contributed by atoms with van der Waals surface area (Å²) in [6, 6.07) is 6.22. The van der Waals surface area contributed by atoms with Gasteiger partial charge < -0.3 is 9.47 Å². The number of fused-ring (bicyclic) bond motifs is 3. The molecule has 1 aliphatic rings. The monoisotopic (exact) mass is 506 g/mol. The predicted molar refractivity (Wildman–Crippen MR) is 126 cm³/mol. The third kappa shape index (κ3) is 4.16. The normalized spacial score (nSPS) is 15.7. The molecule has 4 rings (SSSR count). The second-order valence-electron chi connectivity index (χ2n) is 7.40. The molecule has 0 fully saturated rings. The van der Waals surface area contributed by atoms with Gasteiger partial charge in [0.2, 0.25) is 6.10 Å². The molecule has 0 aliphatic carbocycles. The maximum absolute atomic E-state index is 12.7. The predicted octanol–water partition coefficient (Wildman–Crippen LogP) is 4.12. The van der Waals surface area contributed by atoms with Crippen molar-refractivity contribution in [2.45, 2.75) is 32.9 Å². The van der Waals surface area contributed by atoms with Crippen molar-refractivity contribution >= 4 is 52.2 Å². The Bertz CT molecular complexity index is 1270. The summed E-state index contributed by atoms with van der Waals surface area (Å²) in [4.78, 5) is 30.9. The lowest BCUT2D eigenvalue weighted by atomic mass is 9.99. The van der Waals surface area contributed by atoms with E-state index < -0.39 is 30.0 Å². The molecule has 0 amide bonds. The number of nitrogens with zero attached hydrogens (tertiary/aromatic N) is 4. The number of hydrogen-bond acceptors (Lipinski definition) is 8. The molecule has 2 unspecified atom stereocenters. The number of carbonyl (C=O) groups excluding carboxylic acids is 2. The Labute approximate surface area is 204 Å². The van der Waals surface area contributed by atoms with Crippen molar-refractivity contribution in [1.82, 2.24) is 14.8 Å². The molecule has 3 aromatic rings. The molecule has 0 radical (unpaired) electrons. The van der Waals surface area contributed by atoms with Crippen LogP contribution in [0.15, 0.2) is 29.3 Å². The van der Waals surface area contributed by atoms with Gasteiger partial charge in [-0.25, -0.2) is 4.79 Å². The van der Waals surface area contributed by atoms with Crippen molar-refractivity contribution in [3.8, 4) is 5.00 Å². The first-order valence-corrected chi connectivity index (χ1v) is 11.7. The molecule has 0 bridgehead atoms. The number of esters is 2. The quantitative estimate of drug-likeness (QED) is 0.381. The molecule has 0 N–H and O–H groups in total. The van der Waals surface area contributed by atoms with Crippen LogP contribution >= 0.6 is 34.5 Å². The summed E-state index contributed by atoms with van der Waals surface area (Å²) >= 11 is 13.3. The third-order valence-electron chi connectivity index (χ3n) is 5.39. The number of rotatable bonds is 5. The van der Waals surface area contributed by atoms with Crippen LogP contribution in [0.25, 0.3) is 5.00 Å². The van der Waals surface area contributed by atoms with Crippen molar-refractivity contribution in [1.29, 1.82) is 0 Å². The smallest absolute Gasteiger partial charge is 0.349 e. The first kappa shape index (κ1) is 23.4. The number of hydrogen-bond donors (Lipinski definition) is 0. The minimum atomic E-state index is -1.40. The number of alkyl halides is 1. The molecule has 3 heterocycles. The van der Waals surface area contributed by atoms with E-state index in [1.165, 1.54) is 7.11 Å². The van der Waals surface area contributed by atoms with Crippen molar-refractivity contribution < 1.29 is 19.1 Å². The lowest BCUT2D eigenvalue weighted by Crippen LogP contribution is -2.35. The highest BCUT2D eigenvalue weighted by atomic mass is 35.5. The molecule has 172 valence electrons. The molecule has 1 aromatic carbocycles. The Morgan fingerprint density at radius 1 is 1.18 bits per heavy atom. The van der Waals surface area contributed by atoms with Crippen LogP contribution in [0, 0.1) is 20.8 Å². The number of aryl methyl sites for hydroxylation is 2.